The third kappa shape index (κ3) is 6.79. The Hall–Kier alpha value is -1.64. The van der Waals surface area contributed by atoms with Gasteiger partial charge in [-0.05, 0) is 26.3 Å². The number of hydrogen-bond donors (Lipinski definition) is 1. The molecule has 0 spiro atoms. The summed E-state index contributed by atoms with van der Waals surface area (Å²) in [5.74, 6) is 0.709. The van der Waals surface area contributed by atoms with E-state index in [9.17, 15) is 8.42 Å². The van der Waals surface area contributed by atoms with Crippen molar-refractivity contribution in [1.82, 2.24) is 14.5 Å². The van der Waals surface area contributed by atoms with E-state index in [2.05, 4.69) is 22.4 Å². The molecule has 0 saturated carbocycles. The van der Waals surface area contributed by atoms with Crippen molar-refractivity contribution in [2.75, 3.05) is 39.0 Å². The zero-order valence-electron chi connectivity index (χ0n) is 16.8. The molecular formula is C19H32N4O3S. The van der Waals surface area contributed by atoms with Crippen LogP contribution in [0.25, 0.3) is 0 Å². The molecule has 2 atom stereocenters. The number of nitrogens with zero attached hydrogens (tertiary/aromatic N) is 3. The molecule has 152 valence electrons. The minimum absolute atomic E-state index is 0.000507. The molecule has 0 bridgehead atoms. The van der Waals surface area contributed by atoms with Gasteiger partial charge in [-0.1, -0.05) is 30.3 Å². The van der Waals surface area contributed by atoms with Gasteiger partial charge in [-0.25, -0.2) is 8.42 Å². The van der Waals surface area contributed by atoms with E-state index in [0.29, 0.717) is 25.6 Å². The molecule has 1 heterocycles. The number of nitrogens with one attached hydrogen (secondary N) is 1. The predicted octanol–water partition coefficient (Wildman–Crippen LogP) is 1.52. The molecule has 0 aromatic heterocycles. The molecule has 1 aromatic carbocycles. The molecule has 0 radical (unpaired) electrons. The molecule has 0 amide bonds. The largest absolute Gasteiger partial charge is 0.373 e. The van der Waals surface area contributed by atoms with Gasteiger partial charge in [0.25, 0.3) is 0 Å². The molecule has 1 aliphatic heterocycles. The summed E-state index contributed by atoms with van der Waals surface area (Å²) in [7, 11) is -1.39. The highest BCUT2D eigenvalue weighted by Crippen LogP contribution is 2.14. The third-order valence-corrected chi connectivity index (χ3v) is 6.13. The van der Waals surface area contributed by atoms with Crippen LogP contribution in [0.1, 0.15) is 26.3 Å². The highest BCUT2D eigenvalue weighted by Gasteiger charge is 2.30. The van der Waals surface area contributed by atoms with Crippen LogP contribution < -0.4 is 5.32 Å². The lowest BCUT2D eigenvalue weighted by molar-refractivity contribution is -0.0440. The van der Waals surface area contributed by atoms with E-state index in [-0.39, 0.29) is 24.5 Å². The molecule has 2 rings (SSSR count). The SMILES string of the molecule is CCNC(=NCCS(=O)(=O)N1CC(C)OC(C)C1)N(C)Cc1ccccc1. The van der Waals surface area contributed by atoms with Crippen LogP contribution in [0.5, 0.6) is 0 Å². The number of rotatable bonds is 7. The van der Waals surface area contributed by atoms with E-state index in [1.54, 1.807) is 0 Å². The quantitative estimate of drug-likeness (QED) is 0.559. The van der Waals surface area contributed by atoms with Gasteiger partial charge in [0.2, 0.25) is 10.0 Å². The number of benzene rings is 1. The van der Waals surface area contributed by atoms with Crippen LogP contribution in [0.3, 0.4) is 0 Å². The van der Waals surface area contributed by atoms with Crippen molar-refractivity contribution in [2.45, 2.75) is 39.5 Å². The monoisotopic (exact) mass is 396 g/mol. The number of aliphatic imine (C=N–C) groups is 1. The fraction of sp³-hybridized carbons (Fsp3) is 0.632. The molecule has 7 nitrogen and oxygen atoms in total. The van der Waals surface area contributed by atoms with Crippen molar-refractivity contribution >= 4 is 16.0 Å². The first-order chi connectivity index (χ1) is 12.8. The minimum Gasteiger partial charge on any atom is -0.373 e. The maximum Gasteiger partial charge on any atom is 0.216 e. The highest BCUT2D eigenvalue weighted by molar-refractivity contribution is 7.89. The second kappa shape index (κ2) is 10.1. The van der Waals surface area contributed by atoms with Crippen molar-refractivity contribution in [3.63, 3.8) is 0 Å². The van der Waals surface area contributed by atoms with E-state index < -0.39 is 10.0 Å². The van der Waals surface area contributed by atoms with Crippen LogP contribution >= 0.6 is 0 Å². The van der Waals surface area contributed by atoms with Crippen LogP contribution in [-0.4, -0.2) is 74.8 Å². The smallest absolute Gasteiger partial charge is 0.216 e. The molecule has 2 unspecified atom stereocenters. The Morgan fingerprint density at radius 1 is 1.26 bits per heavy atom. The fourth-order valence-corrected chi connectivity index (χ4v) is 4.61. The predicted molar refractivity (Wildman–Crippen MR) is 109 cm³/mol. The number of morpholine rings is 1. The summed E-state index contributed by atoms with van der Waals surface area (Å²) in [6.45, 7) is 8.27. The van der Waals surface area contributed by atoms with Crippen LogP contribution in [0.15, 0.2) is 35.3 Å². The van der Waals surface area contributed by atoms with Gasteiger partial charge in [-0.15, -0.1) is 0 Å². The first-order valence-electron chi connectivity index (χ1n) is 9.48. The van der Waals surface area contributed by atoms with E-state index >= 15 is 0 Å². The Morgan fingerprint density at radius 3 is 2.48 bits per heavy atom. The zero-order valence-corrected chi connectivity index (χ0v) is 17.6. The topological polar surface area (TPSA) is 74.2 Å². The minimum atomic E-state index is -3.34. The molecule has 8 heteroatoms. The lowest BCUT2D eigenvalue weighted by Crippen LogP contribution is -2.49. The first kappa shape index (κ1) is 21.7. The summed E-state index contributed by atoms with van der Waals surface area (Å²) >= 11 is 0. The van der Waals surface area contributed by atoms with Crippen LogP contribution in [0.2, 0.25) is 0 Å². The summed E-state index contributed by atoms with van der Waals surface area (Å²) in [5, 5.41) is 3.23. The maximum atomic E-state index is 12.6. The molecule has 1 saturated heterocycles. The van der Waals surface area contributed by atoms with Gasteiger partial charge < -0.3 is 15.0 Å². The Morgan fingerprint density at radius 2 is 1.89 bits per heavy atom. The second-order valence-corrected chi connectivity index (χ2v) is 9.06. The summed E-state index contributed by atoms with van der Waals surface area (Å²) < 4.78 is 32.4. The number of hydrogen-bond acceptors (Lipinski definition) is 4. The molecule has 1 aliphatic rings. The van der Waals surface area contributed by atoms with Gasteiger partial charge in [-0.3, -0.25) is 4.99 Å². The van der Waals surface area contributed by atoms with Crippen molar-refractivity contribution in [3.8, 4) is 0 Å². The Kier molecular flexibility index (Phi) is 8.07. The zero-order chi connectivity index (χ0) is 19.9. The second-order valence-electron chi connectivity index (χ2n) is 6.97. The van der Waals surface area contributed by atoms with Crippen molar-refractivity contribution in [2.24, 2.45) is 4.99 Å². The van der Waals surface area contributed by atoms with E-state index in [0.717, 1.165) is 6.54 Å². The van der Waals surface area contributed by atoms with Gasteiger partial charge >= 0.3 is 0 Å². The summed E-state index contributed by atoms with van der Waals surface area (Å²) in [5.41, 5.74) is 1.18. The van der Waals surface area contributed by atoms with Crippen molar-refractivity contribution in [1.29, 1.82) is 0 Å². The standard InChI is InChI=1S/C19H32N4O3S/c1-5-20-19(22(4)15-18-9-7-6-8-10-18)21-11-12-27(24,25)23-13-16(2)26-17(3)14-23/h6-10,16-17H,5,11-15H2,1-4H3,(H,20,21). The Bertz CT molecular complexity index is 699. The number of guanidine groups is 1. The molecule has 0 aliphatic carbocycles. The molecule has 1 N–H and O–H groups in total. The first-order valence-corrected chi connectivity index (χ1v) is 11.1. The summed E-state index contributed by atoms with van der Waals surface area (Å²) in [6.07, 6.45) is -0.164. The average Bonchev–Trinajstić information content (AvgIpc) is 2.61. The molecule has 27 heavy (non-hydrogen) atoms. The molecule has 1 aromatic rings. The Balaban J connectivity index is 1.97. The number of ether oxygens (including phenoxy) is 1. The highest BCUT2D eigenvalue weighted by atomic mass is 32.2. The lowest BCUT2D eigenvalue weighted by Gasteiger charge is -2.34. The van der Waals surface area contributed by atoms with Crippen LogP contribution in [-0.2, 0) is 21.3 Å². The molecule has 1 fully saturated rings. The maximum absolute atomic E-state index is 12.6. The average molecular weight is 397 g/mol. The third-order valence-electron chi connectivity index (χ3n) is 4.35. The van der Waals surface area contributed by atoms with Gasteiger partial charge in [-0.2, -0.15) is 4.31 Å². The fourth-order valence-electron chi connectivity index (χ4n) is 3.16. The van der Waals surface area contributed by atoms with Crippen LogP contribution in [0.4, 0.5) is 0 Å². The van der Waals surface area contributed by atoms with Crippen molar-refractivity contribution < 1.29 is 13.2 Å². The van der Waals surface area contributed by atoms with Crippen molar-refractivity contribution in [3.05, 3.63) is 35.9 Å². The van der Waals surface area contributed by atoms with Gasteiger partial charge in [0.1, 0.15) is 0 Å². The Labute approximate surface area is 163 Å². The van der Waals surface area contributed by atoms with Gasteiger partial charge in [0, 0.05) is 33.2 Å². The van der Waals surface area contributed by atoms with Crippen LogP contribution in [0, 0.1) is 0 Å². The number of sulfonamides is 1. The van der Waals surface area contributed by atoms with E-state index in [1.165, 1.54) is 9.87 Å². The van der Waals surface area contributed by atoms with Gasteiger partial charge in [0.15, 0.2) is 5.96 Å². The lowest BCUT2D eigenvalue weighted by atomic mass is 10.2. The summed E-state index contributed by atoms with van der Waals surface area (Å²) in [6, 6.07) is 10.1. The summed E-state index contributed by atoms with van der Waals surface area (Å²) in [4.78, 5) is 6.53. The van der Waals surface area contributed by atoms with E-state index in [4.69, 9.17) is 4.74 Å². The van der Waals surface area contributed by atoms with Gasteiger partial charge in [0.05, 0.1) is 24.5 Å². The molecular weight excluding hydrogens is 364 g/mol. The normalized spacial score (nSPS) is 21.9. The van der Waals surface area contributed by atoms with E-state index in [1.807, 2.05) is 50.9 Å².